The minimum atomic E-state index is -4.03. The van der Waals surface area contributed by atoms with Gasteiger partial charge in [0.05, 0.1) is 5.92 Å². The Morgan fingerprint density at radius 2 is 1.90 bits per heavy atom. The van der Waals surface area contributed by atoms with Crippen LogP contribution in [0.15, 0.2) is 20.7 Å². The number of nitrogens with one attached hydrogen (secondary N) is 2. The number of aromatic nitrogens is 2. The van der Waals surface area contributed by atoms with Crippen molar-refractivity contribution in [3.05, 3.63) is 27.0 Å². The Morgan fingerprint density at radius 3 is 2.40 bits per heavy atom. The van der Waals surface area contributed by atoms with Gasteiger partial charge in [0, 0.05) is 19.3 Å². The fourth-order valence-corrected chi connectivity index (χ4v) is 3.53. The first-order valence-corrected chi connectivity index (χ1v) is 7.31. The van der Waals surface area contributed by atoms with Crippen molar-refractivity contribution in [1.29, 1.82) is 0 Å². The second-order valence-electron chi connectivity index (χ2n) is 4.45. The highest BCUT2D eigenvalue weighted by atomic mass is 32.2. The van der Waals surface area contributed by atoms with Crippen LogP contribution in [-0.4, -0.2) is 46.9 Å². The smallest absolute Gasteiger partial charge is 0.325 e. The van der Waals surface area contributed by atoms with Crippen molar-refractivity contribution in [2.24, 2.45) is 5.92 Å². The molecule has 0 aliphatic carbocycles. The summed E-state index contributed by atoms with van der Waals surface area (Å²) in [7, 11) is -4.03. The average Bonchev–Trinajstić information content (AvgIpc) is 2.38. The summed E-state index contributed by atoms with van der Waals surface area (Å²) in [6.45, 7) is 0.0513. The number of H-pyrrole nitrogens is 2. The third-order valence-electron chi connectivity index (χ3n) is 3.21. The van der Waals surface area contributed by atoms with E-state index >= 15 is 0 Å². The van der Waals surface area contributed by atoms with E-state index in [1.807, 2.05) is 4.98 Å². The molecule has 0 amide bonds. The molecule has 1 aliphatic rings. The van der Waals surface area contributed by atoms with E-state index in [1.165, 1.54) is 0 Å². The maximum absolute atomic E-state index is 12.2. The van der Waals surface area contributed by atoms with Gasteiger partial charge in [-0.15, -0.1) is 0 Å². The summed E-state index contributed by atoms with van der Waals surface area (Å²) in [5, 5.41) is 8.86. The lowest BCUT2D eigenvalue weighted by Crippen LogP contribution is -2.42. The molecule has 1 aliphatic heterocycles. The summed E-state index contributed by atoms with van der Waals surface area (Å²) in [5.41, 5.74) is -1.78. The third kappa shape index (κ3) is 2.65. The molecule has 1 saturated heterocycles. The molecule has 0 unspecified atom stereocenters. The molecule has 1 aromatic rings. The predicted octanol–water partition coefficient (Wildman–Crippen LogP) is -1.45. The molecule has 0 spiro atoms. The van der Waals surface area contributed by atoms with E-state index < -0.39 is 38.1 Å². The van der Waals surface area contributed by atoms with Gasteiger partial charge in [-0.2, -0.15) is 4.31 Å². The largest absolute Gasteiger partial charge is 0.481 e. The van der Waals surface area contributed by atoms with Crippen LogP contribution in [0.1, 0.15) is 12.8 Å². The van der Waals surface area contributed by atoms with Crippen LogP contribution in [0.5, 0.6) is 0 Å². The van der Waals surface area contributed by atoms with Gasteiger partial charge in [0.2, 0.25) is 10.0 Å². The van der Waals surface area contributed by atoms with Gasteiger partial charge < -0.3 is 10.1 Å². The van der Waals surface area contributed by atoms with Gasteiger partial charge in [-0.05, 0) is 12.8 Å². The number of hydrogen-bond acceptors (Lipinski definition) is 5. The summed E-state index contributed by atoms with van der Waals surface area (Å²) >= 11 is 0. The first-order chi connectivity index (χ1) is 9.32. The van der Waals surface area contributed by atoms with Gasteiger partial charge in [-0.25, -0.2) is 13.2 Å². The molecule has 2 heterocycles. The predicted molar refractivity (Wildman–Crippen MR) is 66.8 cm³/mol. The van der Waals surface area contributed by atoms with Gasteiger partial charge in [0.25, 0.3) is 5.56 Å². The van der Waals surface area contributed by atoms with Crippen molar-refractivity contribution >= 4 is 16.0 Å². The number of hydrogen-bond donors (Lipinski definition) is 3. The molecule has 2 rings (SSSR count). The molecule has 1 aromatic heterocycles. The highest BCUT2D eigenvalue weighted by molar-refractivity contribution is 7.89. The number of nitrogens with zero attached hydrogens (tertiary/aromatic N) is 1. The fraction of sp³-hybridized carbons (Fsp3) is 0.500. The topological polar surface area (TPSA) is 140 Å². The Labute approximate surface area is 113 Å². The Morgan fingerprint density at radius 1 is 1.30 bits per heavy atom. The fourth-order valence-electron chi connectivity index (χ4n) is 2.07. The van der Waals surface area contributed by atoms with Crippen molar-refractivity contribution in [1.82, 2.24) is 14.3 Å². The van der Waals surface area contributed by atoms with Gasteiger partial charge in [0.15, 0.2) is 4.90 Å². The molecule has 110 valence electrons. The molecule has 0 bridgehead atoms. The quantitative estimate of drug-likeness (QED) is 0.624. The molecule has 0 saturated carbocycles. The van der Waals surface area contributed by atoms with Gasteiger partial charge >= 0.3 is 11.7 Å². The van der Waals surface area contributed by atoms with Crippen LogP contribution in [0.4, 0.5) is 0 Å². The van der Waals surface area contributed by atoms with E-state index in [1.54, 1.807) is 0 Å². The number of aromatic amines is 2. The number of carboxylic acid groups (broad SMARTS) is 1. The van der Waals surface area contributed by atoms with E-state index in [2.05, 4.69) is 4.98 Å². The normalized spacial score (nSPS) is 18.0. The summed E-state index contributed by atoms with van der Waals surface area (Å²) < 4.78 is 25.5. The zero-order valence-electron chi connectivity index (χ0n) is 10.3. The number of rotatable bonds is 3. The van der Waals surface area contributed by atoms with Crippen molar-refractivity contribution in [2.75, 3.05) is 13.1 Å². The molecular weight excluding hydrogens is 290 g/mol. The molecule has 3 N–H and O–H groups in total. The molecule has 1 fully saturated rings. The number of aliphatic carboxylic acids is 1. The minimum absolute atomic E-state index is 0.0257. The second kappa shape index (κ2) is 5.21. The van der Waals surface area contributed by atoms with E-state index in [0.717, 1.165) is 10.5 Å². The highest BCUT2D eigenvalue weighted by Gasteiger charge is 2.33. The Hall–Kier alpha value is -1.94. The van der Waals surface area contributed by atoms with E-state index in [9.17, 15) is 22.8 Å². The molecule has 0 radical (unpaired) electrons. The number of carbonyl (C=O) groups is 1. The molecule has 0 atom stereocenters. The summed E-state index contributed by atoms with van der Waals surface area (Å²) in [6.07, 6.45) is 1.23. The first kappa shape index (κ1) is 14.5. The van der Waals surface area contributed by atoms with Crippen LogP contribution in [0.3, 0.4) is 0 Å². The number of sulfonamides is 1. The SMILES string of the molecule is O=C(O)C1CCN(S(=O)(=O)c2c[nH]c(=O)[nH]c2=O)CC1. The van der Waals surface area contributed by atoms with Gasteiger partial charge in [-0.3, -0.25) is 14.6 Å². The molecule has 0 aromatic carbocycles. The van der Waals surface area contributed by atoms with Crippen molar-refractivity contribution in [2.45, 2.75) is 17.7 Å². The van der Waals surface area contributed by atoms with Crippen molar-refractivity contribution in [3.8, 4) is 0 Å². The number of piperidine rings is 1. The number of carboxylic acids is 1. The summed E-state index contributed by atoms with van der Waals surface area (Å²) in [6, 6.07) is 0. The maximum Gasteiger partial charge on any atom is 0.325 e. The molecule has 10 heteroatoms. The Bertz CT molecular complexity index is 726. The van der Waals surface area contributed by atoms with E-state index in [0.29, 0.717) is 0 Å². The standard InChI is InChI=1S/C10H13N3O6S/c14-8-7(5-11-10(17)12-8)20(18,19)13-3-1-6(2-4-13)9(15)16/h5-6H,1-4H2,(H,15,16)(H2,11,12,14,17). The monoisotopic (exact) mass is 303 g/mol. The maximum atomic E-state index is 12.2. The second-order valence-corrected chi connectivity index (χ2v) is 6.36. The van der Waals surface area contributed by atoms with Crippen LogP contribution in [0.2, 0.25) is 0 Å². The van der Waals surface area contributed by atoms with Crippen LogP contribution in [-0.2, 0) is 14.8 Å². The average molecular weight is 303 g/mol. The summed E-state index contributed by atoms with van der Waals surface area (Å²) in [4.78, 5) is 36.6. The van der Waals surface area contributed by atoms with E-state index in [-0.39, 0.29) is 25.9 Å². The lowest BCUT2D eigenvalue weighted by atomic mass is 9.99. The van der Waals surface area contributed by atoms with Crippen LogP contribution in [0.25, 0.3) is 0 Å². The zero-order chi connectivity index (χ0) is 14.9. The minimum Gasteiger partial charge on any atom is -0.481 e. The van der Waals surface area contributed by atoms with Crippen LogP contribution in [0, 0.1) is 5.92 Å². The lowest BCUT2D eigenvalue weighted by molar-refractivity contribution is -0.142. The summed E-state index contributed by atoms with van der Waals surface area (Å²) in [5.74, 6) is -1.53. The van der Waals surface area contributed by atoms with Crippen LogP contribution >= 0.6 is 0 Å². The molecular formula is C10H13N3O6S. The molecule has 9 nitrogen and oxygen atoms in total. The Kier molecular flexibility index (Phi) is 3.77. The van der Waals surface area contributed by atoms with Gasteiger partial charge in [0.1, 0.15) is 0 Å². The highest BCUT2D eigenvalue weighted by Crippen LogP contribution is 2.22. The first-order valence-electron chi connectivity index (χ1n) is 5.87. The van der Waals surface area contributed by atoms with Crippen molar-refractivity contribution in [3.63, 3.8) is 0 Å². The lowest BCUT2D eigenvalue weighted by Gasteiger charge is -2.28. The molecule has 20 heavy (non-hydrogen) atoms. The Balaban J connectivity index is 2.26. The van der Waals surface area contributed by atoms with Crippen molar-refractivity contribution < 1.29 is 18.3 Å². The third-order valence-corrected chi connectivity index (χ3v) is 5.11. The van der Waals surface area contributed by atoms with Crippen LogP contribution < -0.4 is 11.2 Å². The van der Waals surface area contributed by atoms with Gasteiger partial charge in [-0.1, -0.05) is 0 Å². The van der Waals surface area contributed by atoms with E-state index in [4.69, 9.17) is 5.11 Å². The zero-order valence-corrected chi connectivity index (χ0v) is 11.1.